The van der Waals surface area contributed by atoms with Gasteiger partial charge < -0.3 is 24.8 Å². The molecule has 0 saturated carbocycles. The van der Waals surface area contributed by atoms with Gasteiger partial charge in [0.2, 0.25) is 5.91 Å². The predicted molar refractivity (Wildman–Crippen MR) is 123 cm³/mol. The summed E-state index contributed by atoms with van der Waals surface area (Å²) in [6, 6.07) is 22.9. The molecule has 0 atom stereocenters. The van der Waals surface area contributed by atoms with Gasteiger partial charge in [-0.2, -0.15) is 0 Å². The fourth-order valence-corrected chi connectivity index (χ4v) is 2.76. The zero-order valence-corrected chi connectivity index (χ0v) is 18.1. The molecule has 0 radical (unpaired) electrons. The number of esters is 1. The second kappa shape index (κ2) is 11.9. The van der Waals surface area contributed by atoms with E-state index in [0.717, 1.165) is 0 Å². The normalized spacial score (nSPS) is 10.1. The average Bonchev–Trinajstić information content (AvgIpc) is 2.84. The van der Waals surface area contributed by atoms with Crippen molar-refractivity contribution in [1.82, 2.24) is 0 Å². The fourth-order valence-electron chi connectivity index (χ4n) is 2.76. The van der Waals surface area contributed by atoms with Crippen LogP contribution in [0.2, 0.25) is 0 Å². The Labute approximate surface area is 191 Å². The number of rotatable bonds is 10. The largest absolute Gasteiger partial charge is 0.497 e. The number of amides is 2. The summed E-state index contributed by atoms with van der Waals surface area (Å²) in [5.41, 5.74) is 1.13. The number of para-hydroxylation sites is 1. The lowest BCUT2D eigenvalue weighted by molar-refractivity contribution is -0.147. The van der Waals surface area contributed by atoms with Crippen molar-refractivity contribution in [3.05, 3.63) is 78.9 Å². The molecule has 170 valence electrons. The van der Waals surface area contributed by atoms with Crippen LogP contribution < -0.4 is 20.1 Å². The second-order valence-corrected chi connectivity index (χ2v) is 6.93. The quantitative estimate of drug-likeness (QED) is 0.446. The first kappa shape index (κ1) is 23.3. The molecule has 0 aliphatic heterocycles. The summed E-state index contributed by atoms with van der Waals surface area (Å²) in [7, 11) is 1.55. The zero-order valence-electron chi connectivity index (χ0n) is 18.1. The first-order valence-corrected chi connectivity index (χ1v) is 10.2. The molecule has 0 bridgehead atoms. The molecule has 3 aromatic carbocycles. The highest BCUT2D eigenvalue weighted by molar-refractivity contribution is 5.94. The van der Waals surface area contributed by atoms with E-state index in [-0.39, 0.29) is 18.7 Å². The van der Waals surface area contributed by atoms with Crippen molar-refractivity contribution in [2.75, 3.05) is 24.4 Å². The topological polar surface area (TPSA) is 103 Å². The number of ether oxygens (including phenoxy) is 3. The zero-order chi connectivity index (χ0) is 23.5. The van der Waals surface area contributed by atoms with E-state index in [2.05, 4.69) is 10.6 Å². The number of carbonyl (C=O) groups is 3. The van der Waals surface area contributed by atoms with E-state index in [9.17, 15) is 14.4 Å². The third-order valence-electron chi connectivity index (χ3n) is 4.41. The van der Waals surface area contributed by atoms with Crippen molar-refractivity contribution >= 4 is 29.2 Å². The minimum Gasteiger partial charge on any atom is -0.497 e. The molecule has 0 fully saturated rings. The highest BCUT2D eigenvalue weighted by Gasteiger charge is 2.11. The first-order chi connectivity index (χ1) is 16.0. The SMILES string of the molecule is COc1ccc(NC(=O)CCC(=O)OCC(=O)Nc2ccc(Oc3ccccc3)cc2)cc1. The van der Waals surface area contributed by atoms with Gasteiger partial charge in [0, 0.05) is 17.8 Å². The van der Waals surface area contributed by atoms with Crippen LogP contribution in [0.4, 0.5) is 11.4 Å². The third kappa shape index (κ3) is 8.02. The van der Waals surface area contributed by atoms with Gasteiger partial charge in [-0.15, -0.1) is 0 Å². The first-order valence-electron chi connectivity index (χ1n) is 10.2. The van der Waals surface area contributed by atoms with Crippen LogP contribution in [0.1, 0.15) is 12.8 Å². The molecular weight excluding hydrogens is 424 g/mol. The number of anilines is 2. The Morgan fingerprint density at radius 2 is 1.21 bits per heavy atom. The Kier molecular flexibility index (Phi) is 8.41. The second-order valence-electron chi connectivity index (χ2n) is 6.93. The molecule has 8 heteroatoms. The summed E-state index contributed by atoms with van der Waals surface area (Å²) in [5, 5.41) is 5.31. The number of methoxy groups -OCH3 is 1. The monoisotopic (exact) mass is 448 g/mol. The molecule has 0 unspecified atom stereocenters. The standard InChI is InChI=1S/C25H24N2O6/c1-31-20-11-7-18(8-12-20)26-23(28)15-16-25(30)32-17-24(29)27-19-9-13-22(14-10-19)33-21-5-3-2-4-6-21/h2-14H,15-17H2,1H3,(H,26,28)(H,27,29). The highest BCUT2D eigenvalue weighted by atomic mass is 16.5. The number of benzene rings is 3. The summed E-state index contributed by atoms with van der Waals surface area (Å²) in [6.45, 7) is -0.443. The average molecular weight is 448 g/mol. The van der Waals surface area contributed by atoms with Crippen molar-refractivity contribution in [3.63, 3.8) is 0 Å². The molecular formula is C25H24N2O6. The highest BCUT2D eigenvalue weighted by Crippen LogP contribution is 2.22. The van der Waals surface area contributed by atoms with Crippen LogP contribution in [0, 0.1) is 0 Å². The Hall–Kier alpha value is -4.33. The molecule has 2 amide bonds. The predicted octanol–water partition coefficient (Wildman–Crippen LogP) is 4.39. The maximum Gasteiger partial charge on any atom is 0.306 e. The van der Waals surface area contributed by atoms with Crippen LogP contribution in [0.15, 0.2) is 78.9 Å². The summed E-state index contributed by atoms with van der Waals surface area (Å²) in [6.07, 6.45) is -0.198. The van der Waals surface area contributed by atoms with E-state index in [1.165, 1.54) is 0 Å². The van der Waals surface area contributed by atoms with Crippen LogP contribution in [-0.4, -0.2) is 31.5 Å². The molecule has 3 rings (SSSR count). The molecule has 8 nitrogen and oxygen atoms in total. The van der Waals surface area contributed by atoms with Gasteiger partial charge in [-0.3, -0.25) is 14.4 Å². The Morgan fingerprint density at radius 1 is 0.667 bits per heavy atom. The van der Waals surface area contributed by atoms with Crippen molar-refractivity contribution in [2.24, 2.45) is 0 Å². The van der Waals surface area contributed by atoms with Gasteiger partial charge in [0.15, 0.2) is 6.61 Å². The number of carbonyl (C=O) groups excluding carboxylic acids is 3. The van der Waals surface area contributed by atoms with Crippen molar-refractivity contribution < 1.29 is 28.6 Å². The molecule has 0 aromatic heterocycles. The van der Waals surface area contributed by atoms with Gasteiger partial charge in [-0.25, -0.2) is 0 Å². The number of nitrogens with one attached hydrogen (secondary N) is 2. The van der Waals surface area contributed by atoms with E-state index in [4.69, 9.17) is 14.2 Å². The van der Waals surface area contributed by atoms with Crippen LogP contribution in [0.25, 0.3) is 0 Å². The summed E-state index contributed by atoms with van der Waals surface area (Å²) in [5.74, 6) is 0.549. The fraction of sp³-hybridized carbons (Fsp3) is 0.160. The minimum atomic E-state index is -0.637. The summed E-state index contributed by atoms with van der Waals surface area (Å²) in [4.78, 5) is 35.8. The lowest BCUT2D eigenvalue weighted by Crippen LogP contribution is -2.21. The molecule has 2 N–H and O–H groups in total. The summed E-state index contributed by atoms with van der Waals surface area (Å²) < 4.78 is 15.7. The third-order valence-corrected chi connectivity index (χ3v) is 4.41. The molecule has 0 saturated heterocycles. The van der Waals surface area contributed by atoms with E-state index < -0.39 is 18.5 Å². The van der Waals surface area contributed by atoms with Gasteiger partial charge in [0.05, 0.1) is 13.5 Å². The Morgan fingerprint density at radius 3 is 1.82 bits per heavy atom. The van der Waals surface area contributed by atoms with E-state index in [0.29, 0.717) is 28.6 Å². The van der Waals surface area contributed by atoms with Crippen molar-refractivity contribution in [3.8, 4) is 17.2 Å². The maximum atomic E-state index is 12.0. The number of hydrogen-bond donors (Lipinski definition) is 2. The molecule has 3 aromatic rings. The van der Waals surface area contributed by atoms with Crippen molar-refractivity contribution in [1.29, 1.82) is 0 Å². The smallest absolute Gasteiger partial charge is 0.306 e. The van der Waals surface area contributed by atoms with Gasteiger partial charge in [0.1, 0.15) is 17.2 Å². The minimum absolute atomic E-state index is 0.0602. The van der Waals surface area contributed by atoms with E-state index in [1.807, 2.05) is 30.3 Å². The van der Waals surface area contributed by atoms with Crippen molar-refractivity contribution in [2.45, 2.75) is 12.8 Å². The van der Waals surface area contributed by atoms with Gasteiger partial charge in [0.25, 0.3) is 5.91 Å². The maximum absolute atomic E-state index is 12.0. The molecule has 0 aliphatic rings. The molecule has 0 heterocycles. The van der Waals surface area contributed by atoms with Gasteiger partial charge in [-0.1, -0.05) is 18.2 Å². The van der Waals surface area contributed by atoms with Crippen LogP contribution in [0.3, 0.4) is 0 Å². The van der Waals surface area contributed by atoms with Crippen LogP contribution in [-0.2, 0) is 19.1 Å². The summed E-state index contributed by atoms with van der Waals surface area (Å²) >= 11 is 0. The molecule has 0 aliphatic carbocycles. The van der Waals surface area contributed by atoms with E-state index in [1.54, 1.807) is 55.6 Å². The molecule has 0 spiro atoms. The molecule has 33 heavy (non-hydrogen) atoms. The van der Waals surface area contributed by atoms with Crippen LogP contribution in [0.5, 0.6) is 17.2 Å². The Balaban J connectivity index is 1.35. The lowest BCUT2D eigenvalue weighted by Gasteiger charge is -2.09. The van der Waals surface area contributed by atoms with Gasteiger partial charge in [-0.05, 0) is 60.7 Å². The van der Waals surface area contributed by atoms with E-state index >= 15 is 0 Å². The van der Waals surface area contributed by atoms with Gasteiger partial charge >= 0.3 is 5.97 Å². The lowest BCUT2D eigenvalue weighted by atomic mass is 10.2. The Bertz CT molecular complexity index is 1070. The number of hydrogen-bond acceptors (Lipinski definition) is 6. The van der Waals surface area contributed by atoms with Crippen LogP contribution >= 0.6 is 0 Å².